The molecule has 7 nitrogen and oxygen atoms in total. The molecule has 0 aliphatic heterocycles. The van der Waals surface area contributed by atoms with E-state index in [1.54, 1.807) is 0 Å². The van der Waals surface area contributed by atoms with Crippen LogP contribution in [0.3, 0.4) is 0 Å². The van der Waals surface area contributed by atoms with Gasteiger partial charge in [-0.25, -0.2) is 9.59 Å². The molecule has 0 radical (unpaired) electrons. The number of carbonyl (C=O) groups is 1. The molecule has 1 aromatic rings. The van der Waals surface area contributed by atoms with E-state index in [-0.39, 0.29) is 0 Å². The van der Waals surface area contributed by atoms with Crippen LogP contribution in [0.1, 0.15) is 39.0 Å². The van der Waals surface area contributed by atoms with E-state index in [4.69, 9.17) is 4.74 Å². The molecule has 0 spiro atoms. The normalized spacial score (nSPS) is 9.95. The zero-order valence-electron chi connectivity index (χ0n) is 11.0. The molecular formula is C12H19N3O4. The number of carbonyl (C=O) groups excluding carboxylic acids is 1. The van der Waals surface area contributed by atoms with E-state index in [1.807, 2.05) is 0 Å². The maximum absolute atomic E-state index is 11.2. The molecule has 0 fully saturated rings. The van der Waals surface area contributed by atoms with E-state index in [0.29, 0.717) is 6.61 Å². The summed E-state index contributed by atoms with van der Waals surface area (Å²) < 4.78 is 5.76. The van der Waals surface area contributed by atoms with Crippen molar-refractivity contribution in [1.82, 2.24) is 9.66 Å². The largest absolute Gasteiger partial charge is 0.534 e. The molecule has 1 heterocycles. The molecule has 0 aliphatic rings. The summed E-state index contributed by atoms with van der Waals surface area (Å²) in [6.07, 6.45) is 7.19. The minimum atomic E-state index is -0.869. The number of nitrogens with zero attached hydrogens (tertiary/aromatic N) is 2. The molecule has 1 N–H and O–H groups in total. The van der Waals surface area contributed by atoms with E-state index in [1.165, 1.54) is 31.3 Å². The van der Waals surface area contributed by atoms with Crippen molar-refractivity contribution in [3.05, 3.63) is 28.9 Å². The fourth-order valence-corrected chi connectivity index (χ4v) is 1.40. The quantitative estimate of drug-likeness (QED) is 0.440. The van der Waals surface area contributed by atoms with Crippen LogP contribution in [-0.4, -0.2) is 22.4 Å². The molecule has 19 heavy (non-hydrogen) atoms. The highest BCUT2D eigenvalue weighted by molar-refractivity contribution is 5.59. The van der Waals surface area contributed by atoms with Crippen LogP contribution in [0.15, 0.2) is 23.3 Å². The smallest absolute Gasteiger partial charge is 0.433 e. The van der Waals surface area contributed by atoms with Gasteiger partial charge in [0.25, 0.3) is 0 Å². The van der Waals surface area contributed by atoms with Crippen molar-refractivity contribution in [2.24, 2.45) is 0 Å². The Hall–Kier alpha value is -2.05. The second-order valence-corrected chi connectivity index (χ2v) is 3.98. The standard InChI is InChI=1S/C12H19N3O4/c1-2-3-4-5-6-10-18-12(17)19-14-15-9-7-8-13-11(15)16/h7-9,14H,2-6,10H2,1H3. The molecule has 0 unspecified atom stereocenters. The van der Waals surface area contributed by atoms with Gasteiger partial charge in [-0.1, -0.05) is 32.6 Å². The second kappa shape index (κ2) is 8.96. The lowest BCUT2D eigenvalue weighted by molar-refractivity contribution is 0.0601. The van der Waals surface area contributed by atoms with E-state index in [9.17, 15) is 9.59 Å². The van der Waals surface area contributed by atoms with Crippen molar-refractivity contribution in [1.29, 1.82) is 0 Å². The molecule has 7 heteroatoms. The van der Waals surface area contributed by atoms with Crippen LogP contribution in [0, 0.1) is 0 Å². The van der Waals surface area contributed by atoms with Gasteiger partial charge in [-0.3, -0.25) is 4.84 Å². The third-order valence-corrected chi connectivity index (χ3v) is 2.41. The van der Waals surface area contributed by atoms with E-state index in [0.717, 1.165) is 23.9 Å². The Morgan fingerprint density at radius 3 is 2.89 bits per heavy atom. The van der Waals surface area contributed by atoms with E-state index >= 15 is 0 Å². The van der Waals surface area contributed by atoms with Crippen molar-refractivity contribution in [3.63, 3.8) is 0 Å². The Labute approximate surface area is 111 Å². The van der Waals surface area contributed by atoms with Crippen molar-refractivity contribution in [3.8, 4) is 0 Å². The first-order valence-corrected chi connectivity index (χ1v) is 6.37. The molecule has 0 saturated carbocycles. The average molecular weight is 269 g/mol. The first kappa shape index (κ1) is 15.0. The Morgan fingerprint density at radius 1 is 1.37 bits per heavy atom. The molecule has 0 amide bonds. The van der Waals surface area contributed by atoms with Gasteiger partial charge in [0.15, 0.2) is 0 Å². The van der Waals surface area contributed by atoms with Crippen molar-refractivity contribution in [2.45, 2.75) is 39.0 Å². The van der Waals surface area contributed by atoms with E-state index < -0.39 is 11.8 Å². The molecule has 0 aromatic carbocycles. The lowest BCUT2D eigenvalue weighted by Gasteiger charge is -2.08. The molecule has 0 saturated heterocycles. The van der Waals surface area contributed by atoms with Crippen LogP contribution in [0.25, 0.3) is 0 Å². The van der Waals surface area contributed by atoms with Crippen LogP contribution in [0.4, 0.5) is 4.79 Å². The van der Waals surface area contributed by atoms with Gasteiger partial charge in [-0.05, 0) is 12.5 Å². The van der Waals surface area contributed by atoms with Crippen LogP contribution >= 0.6 is 0 Å². The molecule has 0 atom stereocenters. The van der Waals surface area contributed by atoms with Gasteiger partial charge in [-0.15, -0.1) is 5.59 Å². The predicted octanol–water partition coefficient (Wildman–Crippen LogP) is 1.83. The topological polar surface area (TPSA) is 82.4 Å². The highest BCUT2D eigenvalue weighted by atomic mass is 16.8. The number of ether oxygens (including phenoxy) is 1. The Morgan fingerprint density at radius 2 is 2.16 bits per heavy atom. The van der Waals surface area contributed by atoms with Crippen LogP contribution < -0.4 is 11.3 Å². The number of aromatic nitrogens is 2. The predicted molar refractivity (Wildman–Crippen MR) is 69.0 cm³/mol. The van der Waals surface area contributed by atoms with Crippen molar-refractivity contribution >= 4 is 6.16 Å². The van der Waals surface area contributed by atoms with Crippen molar-refractivity contribution in [2.75, 3.05) is 12.2 Å². The fraction of sp³-hybridized carbons (Fsp3) is 0.583. The highest BCUT2D eigenvalue weighted by Gasteiger charge is 2.04. The second-order valence-electron chi connectivity index (χ2n) is 3.98. The maximum Gasteiger partial charge on any atom is 0.534 e. The third-order valence-electron chi connectivity index (χ3n) is 2.41. The summed E-state index contributed by atoms with van der Waals surface area (Å²) in [4.78, 5) is 30.3. The third kappa shape index (κ3) is 6.44. The molecule has 1 rings (SSSR count). The van der Waals surface area contributed by atoms with E-state index in [2.05, 4.69) is 22.3 Å². The summed E-state index contributed by atoms with van der Waals surface area (Å²) in [7, 11) is 0. The minimum Gasteiger partial charge on any atom is -0.433 e. The summed E-state index contributed by atoms with van der Waals surface area (Å²) in [6, 6.07) is 1.52. The number of hydrogen-bond donors (Lipinski definition) is 1. The zero-order valence-corrected chi connectivity index (χ0v) is 11.0. The number of hydrogen-bond acceptors (Lipinski definition) is 6. The van der Waals surface area contributed by atoms with Crippen LogP contribution in [-0.2, 0) is 9.57 Å². The summed E-state index contributed by atoms with van der Waals surface area (Å²) in [5.41, 5.74) is 1.57. The van der Waals surface area contributed by atoms with Gasteiger partial charge in [0.2, 0.25) is 0 Å². The van der Waals surface area contributed by atoms with Crippen molar-refractivity contribution < 1.29 is 14.4 Å². The summed E-state index contributed by atoms with van der Waals surface area (Å²) in [5, 5.41) is 0. The van der Waals surface area contributed by atoms with Gasteiger partial charge < -0.3 is 4.74 Å². The first-order chi connectivity index (χ1) is 9.24. The number of rotatable bonds is 8. The lowest BCUT2D eigenvalue weighted by Crippen LogP contribution is -2.31. The molecular weight excluding hydrogens is 250 g/mol. The Balaban J connectivity index is 2.12. The average Bonchev–Trinajstić information content (AvgIpc) is 2.42. The van der Waals surface area contributed by atoms with Gasteiger partial charge in [-0.2, -0.15) is 9.66 Å². The van der Waals surface area contributed by atoms with Gasteiger partial charge in [0, 0.05) is 12.4 Å². The number of unbranched alkanes of at least 4 members (excludes halogenated alkanes) is 4. The Kier molecular flexibility index (Phi) is 7.08. The first-order valence-electron chi connectivity index (χ1n) is 6.37. The van der Waals surface area contributed by atoms with Crippen LogP contribution in [0.5, 0.6) is 0 Å². The molecule has 1 aromatic heterocycles. The summed E-state index contributed by atoms with van der Waals surface area (Å²) >= 11 is 0. The van der Waals surface area contributed by atoms with Gasteiger partial charge in [0.05, 0.1) is 6.61 Å². The maximum atomic E-state index is 11.2. The number of nitrogens with one attached hydrogen (secondary N) is 1. The van der Waals surface area contributed by atoms with Crippen LogP contribution in [0.2, 0.25) is 0 Å². The highest BCUT2D eigenvalue weighted by Crippen LogP contribution is 2.02. The zero-order chi connectivity index (χ0) is 13.9. The minimum absolute atomic E-state index is 0.312. The fourth-order valence-electron chi connectivity index (χ4n) is 1.40. The molecule has 106 valence electrons. The van der Waals surface area contributed by atoms with Gasteiger partial charge in [0.1, 0.15) is 0 Å². The van der Waals surface area contributed by atoms with Gasteiger partial charge >= 0.3 is 11.8 Å². The monoisotopic (exact) mass is 269 g/mol. The lowest BCUT2D eigenvalue weighted by atomic mass is 10.2. The molecule has 0 aliphatic carbocycles. The molecule has 0 bridgehead atoms. The summed E-state index contributed by atoms with van der Waals surface area (Å²) in [6.45, 7) is 2.45. The Bertz CT molecular complexity index is 433. The summed E-state index contributed by atoms with van der Waals surface area (Å²) in [5.74, 6) is 0. The SMILES string of the molecule is CCCCCCCOC(=O)ONn1cccnc1=O.